The molecule has 5 nitrogen and oxygen atoms in total. The van der Waals surface area contributed by atoms with Crippen LogP contribution in [0.2, 0.25) is 0 Å². The van der Waals surface area contributed by atoms with Gasteiger partial charge in [0.2, 0.25) is 0 Å². The summed E-state index contributed by atoms with van der Waals surface area (Å²) in [5.74, 6) is 6.61. The summed E-state index contributed by atoms with van der Waals surface area (Å²) in [5.41, 5.74) is 2.48. The molecule has 1 heterocycles. The molecule has 0 spiro atoms. The monoisotopic (exact) mass is 223 g/mol. The topological polar surface area (TPSA) is 75.9 Å². The molecule has 0 saturated carbocycles. The minimum atomic E-state index is 0.411. The predicted molar refractivity (Wildman–Crippen MR) is 67.1 cm³/mol. The molecule has 0 saturated heterocycles. The Bertz CT molecular complexity index is 302. The van der Waals surface area contributed by atoms with Gasteiger partial charge in [0.1, 0.15) is 5.82 Å². The Morgan fingerprint density at radius 1 is 1.31 bits per heavy atom. The third-order valence-electron chi connectivity index (χ3n) is 2.42. The number of rotatable bonds is 7. The van der Waals surface area contributed by atoms with Crippen molar-refractivity contribution in [2.24, 2.45) is 5.84 Å². The van der Waals surface area contributed by atoms with E-state index in [1.54, 1.807) is 12.4 Å². The summed E-state index contributed by atoms with van der Waals surface area (Å²) in [4.78, 5) is 8.29. The molecule has 1 aromatic rings. The standard InChI is InChI=1S/C11H21N5/c1-3-4-5-6-9(2)14-10-7-13-8-11(15-10)16-12/h7-9H,3-6,12H2,1-2H3,(H2,14,15,16). The number of nitrogens with two attached hydrogens (primary N) is 1. The van der Waals surface area contributed by atoms with Gasteiger partial charge >= 0.3 is 0 Å². The van der Waals surface area contributed by atoms with Crippen molar-refractivity contribution in [2.75, 3.05) is 10.7 Å². The maximum Gasteiger partial charge on any atom is 0.160 e. The van der Waals surface area contributed by atoms with Crippen LogP contribution < -0.4 is 16.6 Å². The molecule has 0 aliphatic heterocycles. The van der Waals surface area contributed by atoms with Gasteiger partial charge in [0.15, 0.2) is 5.82 Å². The number of anilines is 2. The lowest BCUT2D eigenvalue weighted by Gasteiger charge is -2.14. The van der Waals surface area contributed by atoms with Gasteiger partial charge in [-0.05, 0) is 13.3 Å². The second-order valence-corrected chi connectivity index (χ2v) is 3.98. The maximum absolute atomic E-state index is 5.27. The second kappa shape index (κ2) is 7.00. The van der Waals surface area contributed by atoms with Gasteiger partial charge < -0.3 is 10.7 Å². The van der Waals surface area contributed by atoms with Crippen molar-refractivity contribution in [1.29, 1.82) is 0 Å². The average molecular weight is 223 g/mol. The zero-order chi connectivity index (χ0) is 11.8. The molecule has 4 N–H and O–H groups in total. The van der Waals surface area contributed by atoms with Crippen LogP contribution in [0.25, 0.3) is 0 Å². The molecule has 0 radical (unpaired) electrons. The molecule has 90 valence electrons. The number of hydrogen-bond acceptors (Lipinski definition) is 5. The van der Waals surface area contributed by atoms with Gasteiger partial charge in [-0.15, -0.1) is 0 Å². The molecule has 1 aromatic heterocycles. The number of hydrazine groups is 1. The van der Waals surface area contributed by atoms with Crippen molar-refractivity contribution in [3.63, 3.8) is 0 Å². The van der Waals surface area contributed by atoms with E-state index in [1.165, 1.54) is 19.3 Å². The fraction of sp³-hybridized carbons (Fsp3) is 0.636. The Labute approximate surface area is 96.8 Å². The van der Waals surface area contributed by atoms with Gasteiger partial charge in [-0.3, -0.25) is 4.98 Å². The highest BCUT2D eigenvalue weighted by molar-refractivity contribution is 5.41. The van der Waals surface area contributed by atoms with Crippen LogP contribution in [-0.4, -0.2) is 16.0 Å². The molecule has 0 aliphatic rings. The quantitative estimate of drug-likeness (QED) is 0.375. The minimum absolute atomic E-state index is 0.411. The highest BCUT2D eigenvalue weighted by Gasteiger charge is 2.03. The first-order valence-corrected chi connectivity index (χ1v) is 5.81. The SMILES string of the molecule is CCCCCC(C)Nc1cncc(NN)n1. The van der Waals surface area contributed by atoms with E-state index in [4.69, 9.17) is 5.84 Å². The van der Waals surface area contributed by atoms with Crippen LogP contribution in [-0.2, 0) is 0 Å². The summed E-state index contributed by atoms with van der Waals surface area (Å²) in [5, 5.41) is 3.31. The number of nitrogens with one attached hydrogen (secondary N) is 2. The van der Waals surface area contributed by atoms with E-state index in [0.29, 0.717) is 11.9 Å². The van der Waals surface area contributed by atoms with Crippen molar-refractivity contribution in [3.8, 4) is 0 Å². The van der Waals surface area contributed by atoms with Crippen molar-refractivity contribution in [3.05, 3.63) is 12.4 Å². The lowest BCUT2D eigenvalue weighted by molar-refractivity contribution is 0.613. The van der Waals surface area contributed by atoms with Crippen LogP contribution in [0.3, 0.4) is 0 Å². The zero-order valence-corrected chi connectivity index (χ0v) is 10.0. The number of unbranched alkanes of at least 4 members (excludes halogenated alkanes) is 2. The van der Waals surface area contributed by atoms with Gasteiger partial charge in [-0.2, -0.15) is 0 Å². The highest BCUT2D eigenvalue weighted by Crippen LogP contribution is 2.10. The minimum Gasteiger partial charge on any atom is -0.366 e. The predicted octanol–water partition coefficient (Wildman–Crippen LogP) is 2.14. The molecular weight excluding hydrogens is 202 g/mol. The van der Waals surface area contributed by atoms with Crippen molar-refractivity contribution in [1.82, 2.24) is 9.97 Å². The van der Waals surface area contributed by atoms with E-state index >= 15 is 0 Å². The first-order valence-electron chi connectivity index (χ1n) is 5.81. The first kappa shape index (κ1) is 12.7. The number of hydrogen-bond donors (Lipinski definition) is 3. The fourth-order valence-corrected chi connectivity index (χ4v) is 1.53. The first-order chi connectivity index (χ1) is 7.76. The summed E-state index contributed by atoms with van der Waals surface area (Å²) < 4.78 is 0. The smallest absolute Gasteiger partial charge is 0.160 e. The zero-order valence-electron chi connectivity index (χ0n) is 10.0. The van der Waals surface area contributed by atoms with E-state index in [2.05, 4.69) is 34.6 Å². The van der Waals surface area contributed by atoms with E-state index in [0.717, 1.165) is 12.2 Å². The molecule has 0 bridgehead atoms. The van der Waals surface area contributed by atoms with E-state index in [-0.39, 0.29) is 0 Å². The Balaban J connectivity index is 2.39. The number of nitrogen functional groups attached to an aromatic ring is 1. The van der Waals surface area contributed by atoms with Gasteiger partial charge in [-0.25, -0.2) is 10.8 Å². The molecule has 16 heavy (non-hydrogen) atoms. The second-order valence-electron chi connectivity index (χ2n) is 3.98. The normalized spacial score (nSPS) is 12.2. The number of aromatic nitrogens is 2. The Morgan fingerprint density at radius 3 is 2.75 bits per heavy atom. The molecular formula is C11H21N5. The molecule has 1 unspecified atom stereocenters. The van der Waals surface area contributed by atoms with Crippen molar-refractivity contribution < 1.29 is 0 Å². The van der Waals surface area contributed by atoms with Crippen LogP contribution in [0.5, 0.6) is 0 Å². The summed E-state index contributed by atoms with van der Waals surface area (Å²) in [6, 6.07) is 0.411. The molecule has 0 aromatic carbocycles. The van der Waals surface area contributed by atoms with Gasteiger partial charge in [-0.1, -0.05) is 26.2 Å². The Kier molecular flexibility index (Phi) is 5.56. The fourth-order valence-electron chi connectivity index (χ4n) is 1.53. The van der Waals surface area contributed by atoms with Crippen LogP contribution in [0.1, 0.15) is 39.5 Å². The number of nitrogens with zero attached hydrogens (tertiary/aromatic N) is 2. The average Bonchev–Trinajstić information content (AvgIpc) is 2.29. The van der Waals surface area contributed by atoms with E-state index in [1.807, 2.05) is 0 Å². The molecule has 1 atom stereocenters. The van der Waals surface area contributed by atoms with Gasteiger partial charge in [0.25, 0.3) is 0 Å². The molecule has 0 fully saturated rings. The molecule has 1 rings (SSSR count). The maximum atomic E-state index is 5.27. The molecule has 0 amide bonds. The lowest BCUT2D eigenvalue weighted by Crippen LogP contribution is -2.17. The Hall–Kier alpha value is -1.36. The largest absolute Gasteiger partial charge is 0.366 e. The molecule has 5 heteroatoms. The van der Waals surface area contributed by atoms with Gasteiger partial charge in [0, 0.05) is 6.04 Å². The third-order valence-corrected chi connectivity index (χ3v) is 2.42. The van der Waals surface area contributed by atoms with Crippen LogP contribution in [0.15, 0.2) is 12.4 Å². The van der Waals surface area contributed by atoms with Crippen molar-refractivity contribution in [2.45, 2.75) is 45.6 Å². The molecule has 0 aliphatic carbocycles. The Morgan fingerprint density at radius 2 is 2.06 bits per heavy atom. The highest BCUT2D eigenvalue weighted by atomic mass is 15.3. The summed E-state index contributed by atoms with van der Waals surface area (Å²) >= 11 is 0. The van der Waals surface area contributed by atoms with Gasteiger partial charge in [0.05, 0.1) is 12.4 Å². The van der Waals surface area contributed by atoms with Crippen LogP contribution in [0.4, 0.5) is 11.6 Å². The van der Waals surface area contributed by atoms with E-state index < -0.39 is 0 Å². The summed E-state index contributed by atoms with van der Waals surface area (Å²) in [6.45, 7) is 4.36. The summed E-state index contributed by atoms with van der Waals surface area (Å²) in [6.07, 6.45) is 8.22. The van der Waals surface area contributed by atoms with Crippen LogP contribution >= 0.6 is 0 Å². The summed E-state index contributed by atoms with van der Waals surface area (Å²) in [7, 11) is 0. The van der Waals surface area contributed by atoms with E-state index in [9.17, 15) is 0 Å². The third kappa shape index (κ3) is 4.44. The van der Waals surface area contributed by atoms with Crippen LogP contribution in [0, 0.1) is 0 Å². The van der Waals surface area contributed by atoms with Crippen molar-refractivity contribution >= 4 is 11.6 Å². The lowest BCUT2D eigenvalue weighted by atomic mass is 10.1.